The molecule has 0 bridgehead atoms. The summed E-state index contributed by atoms with van der Waals surface area (Å²) in [5, 5.41) is 0.963. The van der Waals surface area contributed by atoms with Crippen molar-refractivity contribution in [2.45, 2.75) is 38.6 Å². The van der Waals surface area contributed by atoms with Crippen LogP contribution in [0, 0.1) is 5.92 Å². The Morgan fingerprint density at radius 2 is 2.10 bits per heavy atom. The summed E-state index contributed by atoms with van der Waals surface area (Å²) in [5.41, 5.74) is 1.19. The monoisotopic (exact) mass is 348 g/mol. The van der Waals surface area contributed by atoms with Gasteiger partial charge in [0.25, 0.3) is 0 Å². The molecule has 0 N–H and O–H groups in total. The fourth-order valence-corrected chi connectivity index (χ4v) is 5.53. The normalized spacial score (nSPS) is 22.6. The lowest BCUT2D eigenvalue weighted by atomic mass is 10.0. The summed E-state index contributed by atoms with van der Waals surface area (Å²) in [6.45, 7) is 0.949. The van der Waals surface area contributed by atoms with Crippen LogP contribution in [0.15, 0.2) is 0 Å². The Hall–Kier alpha value is -0.660. The van der Waals surface area contributed by atoms with Crippen LogP contribution >= 0.6 is 22.0 Å². The van der Waals surface area contributed by atoms with Gasteiger partial charge in [0, 0.05) is 34.4 Å². The number of fused-ring (bicyclic) bond motifs is 1. The lowest BCUT2D eigenvalue weighted by Gasteiger charge is -2.14. The van der Waals surface area contributed by atoms with E-state index in [1.54, 1.807) is 16.2 Å². The third-order valence-electron chi connectivity index (χ3n) is 3.95. The molecular weight excluding hydrogens is 332 g/mol. The predicted octanol–water partition coefficient (Wildman–Crippen LogP) is 1.94. The van der Waals surface area contributed by atoms with Crippen molar-refractivity contribution in [1.29, 1.82) is 0 Å². The molecule has 1 atom stereocenters. The van der Waals surface area contributed by atoms with Crippen molar-refractivity contribution in [3.63, 3.8) is 0 Å². The number of aryl methyl sites for hydroxylation is 2. The van der Waals surface area contributed by atoms with Crippen molar-refractivity contribution in [2.75, 3.05) is 12.3 Å². The second kappa shape index (κ2) is 5.85. The number of hydrogen-bond donors (Lipinski definition) is 0. The van der Waals surface area contributed by atoms with E-state index in [0.717, 1.165) is 17.8 Å². The Kier molecular flexibility index (Phi) is 4.25. The minimum Gasteiger partial charge on any atom is -0.336 e. The molecule has 1 saturated heterocycles. The largest absolute Gasteiger partial charge is 0.336 e. The van der Waals surface area contributed by atoms with Gasteiger partial charge in [-0.2, -0.15) is 0 Å². The quantitative estimate of drug-likeness (QED) is 0.780. The molecule has 5 nitrogen and oxygen atoms in total. The molecule has 2 aliphatic rings. The van der Waals surface area contributed by atoms with Gasteiger partial charge in [-0.3, -0.25) is 4.79 Å². The zero-order chi connectivity index (χ0) is 15.0. The Balaban J connectivity index is 1.65. The first-order valence-electron chi connectivity index (χ1n) is 7.08. The van der Waals surface area contributed by atoms with Crippen molar-refractivity contribution in [2.24, 2.45) is 5.92 Å². The van der Waals surface area contributed by atoms with Crippen LogP contribution < -0.4 is 0 Å². The molecule has 2 heterocycles. The number of aromatic nitrogens is 1. The molecular formula is C13H17ClN2O3S2. The molecule has 0 spiro atoms. The van der Waals surface area contributed by atoms with Gasteiger partial charge < -0.3 is 4.90 Å². The highest BCUT2D eigenvalue weighted by Crippen LogP contribution is 2.29. The van der Waals surface area contributed by atoms with E-state index in [2.05, 4.69) is 4.98 Å². The first-order chi connectivity index (χ1) is 9.90. The van der Waals surface area contributed by atoms with Crippen molar-refractivity contribution in [3.05, 3.63) is 15.6 Å². The standard InChI is InChI=1S/C13H17ClN2O3S2/c14-21(18,19)8-9-5-13(17)16(6-9)7-12-15-10-3-1-2-4-11(10)20-12/h9H,1-8H2. The zero-order valence-electron chi connectivity index (χ0n) is 11.5. The molecule has 116 valence electrons. The summed E-state index contributed by atoms with van der Waals surface area (Å²) in [4.78, 5) is 19.7. The third kappa shape index (κ3) is 3.76. The van der Waals surface area contributed by atoms with Crippen LogP contribution in [0.4, 0.5) is 0 Å². The topological polar surface area (TPSA) is 67.3 Å². The molecule has 1 fully saturated rings. The highest BCUT2D eigenvalue weighted by Gasteiger charge is 2.33. The zero-order valence-corrected chi connectivity index (χ0v) is 13.9. The highest BCUT2D eigenvalue weighted by molar-refractivity contribution is 8.13. The van der Waals surface area contributed by atoms with E-state index in [1.807, 2.05) is 0 Å². The van der Waals surface area contributed by atoms with Crippen LogP contribution in [0.3, 0.4) is 0 Å². The van der Waals surface area contributed by atoms with Gasteiger partial charge in [-0.25, -0.2) is 13.4 Å². The van der Waals surface area contributed by atoms with Crippen LogP contribution in [0.2, 0.25) is 0 Å². The van der Waals surface area contributed by atoms with E-state index >= 15 is 0 Å². The van der Waals surface area contributed by atoms with Crippen molar-refractivity contribution >= 4 is 37.0 Å². The molecule has 3 rings (SSSR count). The average molecular weight is 349 g/mol. The number of hydrogen-bond acceptors (Lipinski definition) is 5. The molecule has 1 aliphatic heterocycles. The van der Waals surface area contributed by atoms with Crippen LogP contribution in [-0.4, -0.2) is 36.5 Å². The van der Waals surface area contributed by atoms with Crippen LogP contribution in [0.1, 0.15) is 34.8 Å². The smallest absolute Gasteiger partial charge is 0.232 e. The number of amides is 1. The maximum Gasteiger partial charge on any atom is 0.232 e. The van der Waals surface area contributed by atoms with Gasteiger partial charge in [0.15, 0.2) is 0 Å². The summed E-state index contributed by atoms with van der Waals surface area (Å²) in [6, 6.07) is 0. The summed E-state index contributed by atoms with van der Waals surface area (Å²) < 4.78 is 22.2. The molecule has 8 heteroatoms. The minimum absolute atomic E-state index is 0.00603. The second-order valence-corrected chi connectivity index (χ2v) is 9.72. The maximum absolute atomic E-state index is 12.0. The SMILES string of the molecule is O=C1CC(CS(=O)(=O)Cl)CN1Cc1nc2c(s1)CCCC2. The Morgan fingerprint density at radius 3 is 2.81 bits per heavy atom. The van der Waals surface area contributed by atoms with Gasteiger partial charge in [-0.15, -0.1) is 11.3 Å². The van der Waals surface area contributed by atoms with Crippen LogP contribution in [-0.2, 0) is 33.2 Å². The van der Waals surface area contributed by atoms with E-state index in [-0.39, 0.29) is 24.0 Å². The first kappa shape index (κ1) is 15.2. The summed E-state index contributed by atoms with van der Waals surface area (Å²) in [6.07, 6.45) is 4.79. The van der Waals surface area contributed by atoms with Gasteiger partial charge >= 0.3 is 0 Å². The first-order valence-corrected chi connectivity index (χ1v) is 10.4. The lowest BCUT2D eigenvalue weighted by molar-refractivity contribution is -0.128. The number of nitrogens with zero attached hydrogens (tertiary/aromatic N) is 2. The number of likely N-dealkylation sites (tertiary alicyclic amines) is 1. The Morgan fingerprint density at radius 1 is 1.33 bits per heavy atom. The Labute approximate surface area is 132 Å². The van der Waals surface area contributed by atoms with Crippen LogP contribution in [0.5, 0.6) is 0 Å². The Bertz CT molecular complexity index is 633. The van der Waals surface area contributed by atoms with E-state index < -0.39 is 9.05 Å². The van der Waals surface area contributed by atoms with Crippen LogP contribution in [0.25, 0.3) is 0 Å². The molecule has 0 radical (unpaired) electrons. The lowest BCUT2D eigenvalue weighted by Crippen LogP contribution is -2.25. The predicted molar refractivity (Wildman–Crippen MR) is 81.9 cm³/mol. The number of halogens is 1. The molecule has 1 aromatic heterocycles. The van der Waals surface area contributed by atoms with Gasteiger partial charge in [-0.1, -0.05) is 0 Å². The summed E-state index contributed by atoms with van der Waals surface area (Å²) in [5.74, 6) is -0.339. The van der Waals surface area contributed by atoms with Crippen molar-refractivity contribution in [1.82, 2.24) is 9.88 Å². The number of rotatable bonds is 4. The van der Waals surface area contributed by atoms with Gasteiger partial charge in [0.2, 0.25) is 15.0 Å². The molecule has 1 aliphatic carbocycles. The van der Waals surface area contributed by atoms with Gasteiger partial charge in [0.1, 0.15) is 5.01 Å². The fraction of sp³-hybridized carbons (Fsp3) is 0.692. The van der Waals surface area contributed by atoms with E-state index in [9.17, 15) is 13.2 Å². The third-order valence-corrected chi connectivity index (χ3v) is 6.34. The molecule has 1 amide bonds. The minimum atomic E-state index is -3.55. The van der Waals surface area contributed by atoms with Crippen molar-refractivity contribution < 1.29 is 13.2 Å². The highest BCUT2D eigenvalue weighted by atomic mass is 35.7. The molecule has 1 unspecified atom stereocenters. The van der Waals surface area contributed by atoms with Gasteiger partial charge in [-0.05, 0) is 25.7 Å². The van der Waals surface area contributed by atoms with E-state index in [0.29, 0.717) is 13.1 Å². The van der Waals surface area contributed by atoms with Crippen molar-refractivity contribution in [3.8, 4) is 0 Å². The molecule has 0 aromatic carbocycles. The number of thiazole rings is 1. The number of carbonyl (C=O) groups is 1. The number of carbonyl (C=O) groups excluding carboxylic acids is 1. The summed E-state index contributed by atoms with van der Waals surface area (Å²) >= 11 is 1.69. The van der Waals surface area contributed by atoms with E-state index in [4.69, 9.17) is 10.7 Å². The fourth-order valence-electron chi connectivity index (χ4n) is 3.04. The summed E-state index contributed by atoms with van der Waals surface area (Å²) in [7, 11) is 1.72. The average Bonchev–Trinajstić information content (AvgIpc) is 2.91. The maximum atomic E-state index is 12.0. The molecule has 1 aromatic rings. The second-order valence-electron chi connectivity index (χ2n) is 5.73. The van der Waals surface area contributed by atoms with Gasteiger partial charge in [0.05, 0.1) is 18.0 Å². The van der Waals surface area contributed by atoms with E-state index in [1.165, 1.54) is 23.4 Å². The molecule has 0 saturated carbocycles. The molecule has 21 heavy (non-hydrogen) atoms.